The largest absolute Gasteiger partial charge is 0.370 e. The second kappa shape index (κ2) is 29.9. The van der Waals surface area contributed by atoms with Gasteiger partial charge in [0.2, 0.25) is 65.0 Å². The Morgan fingerprint density at radius 1 is 0.843 bits per heavy atom. The lowest BCUT2D eigenvalue weighted by molar-refractivity contribution is -0.142. The minimum absolute atomic E-state index is 0.00137. The van der Waals surface area contributed by atoms with Crippen LogP contribution in [0, 0.1) is 5.92 Å². The van der Waals surface area contributed by atoms with Crippen LogP contribution in [0.25, 0.3) is 0 Å². The summed E-state index contributed by atoms with van der Waals surface area (Å²) in [4.78, 5) is 154. The number of hydroxylamine groups is 1. The van der Waals surface area contributed by atoms with Crippen molar-refractivity contribution in [2.45, 2.75) is 120 Å². The van der Waals surface area contributed by atoms with Crippen molar-refractivity contribution in [3.63, 3.8) is 0 Å². The third-order valence-corrected chi connectivity index (χ3v) is 13.8. The molecule has 1 aromatic carbocycles. The number of nitrogens with zero attached hydrogens (tertiary/aromatic N) is 1. The SMILES string of the molecule is CC[C@H](C)[C@@H]1NC(=O)[C@H](Cc2ccccc2)NC(=O)[C@@H](N)CSSC[C@@H](C(=O)N2CCC[C@H]2C(=O)N[C@@H](CCCN)C(=O)NCC(N)=O)NC(=O)[C@H](CC(N)=O)NC(=O)[C@H](CCC(=O)NOC)NC1=O. The number of rotatable bonds is 19. The topological polar surface area (TPSA) is 401 Å². The van der Waals surface area contributed by atoms with Crippen molar-refractivity contribution in [2.75, 3.05) is 38.2 Å². The van der Waals surface area contributed by atoms with Crippen LogP contribution in [0.2, 0.25) is 0 Å². The molecule has 0 saturated carbocycles. The fourth-order valence-corrected chi connectivity index (χ4v) is 9.64. The summed E-state index contributed by atoms with van der Waals surface area (Å²) in [5.74, 6) is -9.98. The highest BCUT2D eigenvalue weighted by atomic mass is 33.1. The van der Waals surface area contributed by atoms with Crippen LogP contribution < -0.4 is 65.6 Å². The first-order valence-corrected chi connectivity index (χ1v) is 25.3. The van der Waals surface area contributed by atoms with Gasteiger partial charge >= 0.3 is 0 Å². The van der Waals surface area contributed by atoms with Crippen molar-refractivity contribution in [1.29, 1.82) is 0 Å². The quantitative estimate of drug-likeness (QED) is 0.0460. The number of nitrogens with two attached hydrogens (primary N) is 4. The number of benzene rings is 1. The maximum atomic E-state index is 14.5. The molecule has 0 spiro atoms. The molecule has 25 nitrogen and oxygen atoms in total. The van der Waals surface area contributed by atoms with Gasteiger partial charge in [-0.05, 0) is 50.1 Å². The van der Waals surface area contributed by atoms with Crippen LogP contribution in [0.4, 0.5) is 0 Å². The van der Waals surface area contributed by atoms with Gasteiger partial charge in [0.25, 0.3) is 0 Å². The molecule has 1 aromatic rings. The molecule has 70 heavy (non-hydrogen) atoms. The van der Waals surface area contributed by atoms with Crippen molar-refractivity contribution in [3.05, 3.63) is 35.9 Å². The Balaban J connectivity index is 2.06. The molecule has 3 rings (SSSR count). The molecular formula is C43H67N13O12S2. The van der Waals surface area contributed by atoms with E-state index < -0.39 is 139 Å². The predicted octanol–water partition coefficient (Wildman–Crippen LogP) is -4.43. The normalized spacial score (nSPS) is 24.0. The fourth-order valence-electron chi connectivity index (χ4n) is 7.37. The Labute approximate surface area is 413 Å². The van der Waals surface area contributed by atoms with E-state index in [0.717, 1.165) is 21.6 Å². The molecule has 11 amide bonds. The zero-order valence-corrected chi connectivity index (χ0v) is 41.1. The summed E-state index contributed by atoms with van der Waals surface area (Å²) in [6.45, 7) is 3.17. The third kappa shape index (κ3) is 19.0. The Morgan fingerprint density at radius 2 is 1.49 bits per heavy atom. The summed E-state index contributed by atoms with van der Waals surface area (Å²) in [6.07, 6.45) is -0.296. The molecule has 2 aliphatic rings. The first-order valence-electron chi connectivity index (χ1n) is 22.8. The van der Waals surface area contributed by atoms with Crippen LogP contribution in [0.3, 0.4) is 0 Å². The van der Waals surface area contributed by atoms with Gasteiger partial charge in [-0.15, -0.1) is 0 Å². The van der Waals surface area contributed by atoms with Gasteiger partial charge in [0.05, 0.1) is 26.1 Å². The summed E-state index contributed by atoms with van der Waals surface area (Å²) >= 11 is 0. The van der Waals surface area contributed by atoms with Gasteiger partial charge in [0.1, 0.15) is 42.3 Å². The molecule has 16 N–H and O–H groups in total. The molecule has 27 heteroatoms. The molecule has 0 aromatic heterocycles. The van der Waals surface area contributed by atoms with E-state index in [0.29, 0.717) is 24.8 Å². The molecule has 0 radical (unpaired) electrons. The third-order valence-electron chi connectivity index (χ3n) is 11.4. The summed E-state index contributed by atoms with van der Waals surface area (Å²) in [5, 5.41) is 18.0. The standard InChI is InChI=1S/C43H67N13O12S2/c1-4-23(2)35-42(66)50-27(14-15-34(59)55-68-3)38(62)52-29(19-32(46)57)39(63)53-30(22-70-69-21-25(45)36(60)51-28(40(64)54-35)18-24-10-6-5-7-11-24)43(67)56-17-9-13-31(56)41(65)49-26(12-8-16-44)37(61)48-20-33(47)58/h5-7,10-11,23,25-31,35H,4,8-9,12-22,44-45H2,1-3H3,(H2,46,57)(H2,47,58)(H,48,61)(H,49,65)(H,50,66)(H,51,60)(H,52,62)(H,53,63)(H,54,64)(H,55,59)/t23-,25-,26-,27-,28-,29-,30-,31-,35-/m0/s1. The fraction of sp³-hybridized carbons (Fsp3) is 0.605. The zero-order valence-electron chi connectivity index (χ0n) is 39.5. The van der Waals surface area contributed by atoms with Gasteiger partial charge in [0.15, 0.2) is 0 Å². The van der Waals surface area contributed by atoms with E-state index >= 15 is 0 Å². The number of hydrogen-bond donors (Lipinski definition) is 12. The van der Waals surface area contributed by atoms with Crippen LogP contribution in [-0.2, 0) is 64.0 Å². The van der Waals surface area contributed by atoms with Crippen LogP contribution in [-0.4, -0.2) is 156 Å². The van der Waals surface area contributed by atoms with E-state index in [-0.39, 0.29) is 50.3 Å². The molecule has 0 aliphatic carbocycles. The van der Waals surface area contributed by atoms with E-state index in [4.69, 9.17) is 22.9 Å². The van der Waals surface area contributed by atoms with Crippen molar-refractivity contribution in [2.24, 2.45) is 28.9 Å². The lowest BCUT2D eigenvalue weighted by Crippen LogP contribution is -2.61. The molecule has 2 heterocycles. The first-order chi connectivity index (χ1) is 33.3. The van der Waals surface area contributed by atoms with E-state index in [2.05, 4.69) is 47.5 Å². The van der Waals surface area contributed by atoms with Crippen LogP contribution in [0.15, 0.2) is 30.3 Å². The molecule has 9 atom stereocenters. The van der Waals surface area contributed by atoms with Crippen LogP contribution >= 0.6 is 21.6 Å². The van der Waals surface area contributed by atoms with E-state index in [9.17, 15) is 52.7 Å². The lowest BCUT2D eigenvalue weighted by Gasteiger charge is -2.31. The first kappa shape index (κ1) is 58.3. The molecular weight excluding hydrogens is 955 g/mol. The monoisotopic (exact) mass is 1020 g/mol. The number of nitrogens with one attached hydrogen (secondary N) is 8. The van der Waals surface area contributed by atoms with E-state index in [1.54, 1.807) is 44.2 Å². The van der Waals surface area contributed by atoms with Crippen molar-refractivity contribution in [1.82, 2.24) is 47.6 Å². The van der Waals surface area contributed by atoms with Gasteiger partial charge in [-0.1, -0.05) is 72.2 Å². The molecule has 2 fully saturated rings. The van der Waals surface area contributed by atoms with E-state index in [1.807, 2.05) is 0 Å². The molecule has 2 aliphatic heterocycles. The maximum absolute atomic E-state index is 14.5. The number of carbonyl (C=O) groups excluding carboxylic acids is 11. The summed E-state index contributed by atoms with van der Waals surface area (Å²) in [7, 11) is 3.26. The second-order valence-electron chi connectivity index (χ2n) is 16.8. The van der Waals surface area contributed by atoms with Crippen molar-refractivity contribution in [3.8, 4) is 0 Å². The highest BCUT2D eigenvalue weighted by molar-refractivity contribution is 8.76. The summed E-state index contributed by atoms with van der Waals surface area (Å²) in [5.41, 5.74) is 25.5. The predicted molar refractivity (Wildman–Crippen MR) is 258 cm³/mol. The minimum Gasteiger partial charge on any atom is -0.370 e. The van der Waals surface area contributed by atoms with Crippen LogP contribution in [0.5, 0.6) is 0 Å². The minimum atomic E-state index is -1.75. The molecule has 2 saturated heterocycles. The number of amides is 11. The molecule has 0 unspecified atom stereocenters. The highest BCUT2D eigenvalue weighted by Gasteiger charge is 2.41. The van der Waals surface area contributed by atoms with Gasteiger partial charge in [-0.2, -0.15) is 0 Å². The Hall–Kier alpha value is -6.03. The Morgan fingerprint density at radius 3 is 2.13 bits per heavy atom. The van der Waals surface area contributed by atoms with Crippen molar-refractivity contribution >= 4 is 86.6 Å². The van der Waals surface area contributed by atoms with Crippen LogP contribution in [0.1, 0.15) is 70.8 Å². The van der Waals surface area contributed by atoms with Gasteiger partial charge in [-0.25, -0.2) is 5.48 Å². The van der Waals surface area contributed by atoms with Gasteiger partial charge < -0.3 is 65.1 Å². The second-order valence-corrected chi connectivity index (χ2v) is 19.3. The molecule has 388 valence electrons. The lowest BCUT2D eigenvalue weighted by atomic mass is 9.96. The van der Waals surface area contributed by atoms with Gasteiger partial charge in [-0.3, -0.25) is 57.6 Å². The number of hydrogen-bond acceptors (Lipinski definition) is 16. The smallest absolute Gasteiger partial charge is 0.246 e. The number of carbonyl (C=O) groups is 11. The van der Waals surface area contributed by atoms with Crippen molar-refractivity contribution < 1.29 is 57.6 Å². The average Bonchev–Trinajstić information content (AvgIpc) is 3.82. The highest BCUT2D eigenvalue weighted by Crippen LogP contribution is 2.26. The maximum Gasteiger partial charge on any atom is 0.246 e. The Kier molecular flexibility index (Phi) is 24.9. The molecule has 0 bridgehead atoms. The van der Waals surface area contributed by atoms with Gasteiger partial charge in [0, 0.05) is 30.9 Å². The zero-order chi connectivity index (χ0) is 51.9. The van der Waals surface area contributed by atoms with E-state index in [1.165, 1.54) is 12.0 Å². The number of primary amides is 2. The Bertz CT molecular complexity index is 2020. The summed E-state index contributed by atoms with van der Waals surface area (Å²) < 4.78 is 0. The average molecular weight is 1020 g/mol. The number of likely N-dealkylation sites (tertiary alicyclic amines) is 1. The summed E-state index contributed by atoms with van der Waals surface area (Å²) in [6, 6.07) is -2.06.